The van der Waals surface area contributed by atoms with E-state index in [1.165, 1.54) is 0 Å². The number of carboxylic acid groups (broad SMARTS) is 1. The monoisotopic (exact) mass is 239 g/mol. The van der Waals surface area contributed by atoms with Gasteiger partial charge in [0.25, 0.3) is 0 Å². The molecule has 1 aromatic rings. The largest absolute Gasteiger partial charge is 0.549 e. The van der Waals surface area contributed by atoms with Crippen LogP contribution < -0.4 is 20.7 Å². The quantitative estimate of drug-likeness (QED) is 0.464. The maximum absolute atomic E-state index is 10.2. The average Bonchev–Trinajstić information content (AvgIpc) is 2.29. The highest BCUT2D eigenvalue weighted by Crippen LogP contribution is 2.16. The number of carbonyl (C=O) groups is 1. The second-order valence-corrected chi connectivity index (χ2v) is 3.22. The Morgan fingerprint density at radius 2 is 2.24 bits per heavy atom. The average molecular weight is 239 g/mol. The third-order valence-electron chi connectivity index (χ3n) is 1.86. The molecule has 6 heteroatoms. The Balaban J connectivity index is 2.39. The Morgan fingerprint density at radius 3 is 2.94 bits per heavy atom. The normalized spacial score (nSPS) is 9.94. The Bertz CT molecular complexity index is 357. The van der Waals surface area contributed by atoms with Crippen molar-refractivity contribution < 1.29 is 19.4 Å². The lowest BCUT2D eigenvalue weighted by molar-refractivity contribution is -0.303. The van der Waals surface area contributed by atoms with E-state index in [-0.39, 0.29) is 6.54 Å². The third kappa shape index (κ3) is 5.74. The number of methoxy groups -OCH3 is 1. The molecular formula is C11H15N2O4-. The number of hydrazine groups is 1. The summed E-state index contributed by atoms with van der Waals surface area (Å²) in [4.78, 5) is 10.2. The molecule has 0 saturated heterocycles. The van der Waals surface area contributed by atoms with Crippen LogP contribution in [-0.4, -0.2) is 32.8 Å². The molecule has 0 fully saturated rings. The van der Waals surface area contributed by atoms with Crippen LogP contribution in [0.5, 0.6) is 5.75 Å². The van der Waals surface area contributed by atoms with Gasteiger partial charge in [0.05, 0.1) is 24.8 Å². The minimum Gasteiger partial charge on any atom is -0.549 e. The van der Waals surface area contributed by atoms with E-state index < -0.39 is 5.97 Å². The topological polar surface area (TPSA) is 82.7 Å². The molecule has 0 aliphatic heterocycles. The predicted octanol–water partition coefficient (Wildman–Crippen LogP) is -0.622. The fraction of sp³-hybridized carbons (Fsp3) is 0.364. The van der Waals surface area contributed by atoms with Crippen molar-refractivity contribution in [3.05, 3.63) is 24.3 Å². The van der Waals surface area contributed by atoms with Gasteiger partial charge in [-0.2, -0.15) is 0 Å². The fourth-order valence-electron chi connectivity index (χ4n) is 1.12. The number of hydrogen-bond acceptors (Lipinski definition) is 6. The van der Waals surface area contributed by atoms with Gasteiger partial charge in [-0.1, -0.05) is 6.07 Å². The van der Waals surface area contributed by atoms with E-state index >= 15 is 0 Å². The summed E-state index contributed by atoms with van der Waals surface area (Å²) in [5.41, 5.74) is 5.94. The van der Waals surface area contributed by atoms with Gasteiger partial charge in [-0.25, -0.2) is 5.43 Å². The first kappa shape index (κ1) is 13.3. The van der Waals surface area contributed by atoms with Gasteiger partial charge in [0.2, 0.25) is 0 Å². The second-order valence-electron chi connectivity index (χ2n) is 3.22. The molecule has 0 bridgehead atoms. The first-order chi connectivity index (χ1) is 8.22. The van der Waals surface area contributed by atoms with Crippen LogP contribution in [0.3, 0.4) is 0 Å². The Morgan fingerprint density at radius 1 is 1.41 bits per heavy atom. The van der Waals surface area contributed by atoms with E-state index in [9.17, 15) is 9.90 Å². The van der Waals surface area contributed by atoms with Gasteiger partial charge in [0.1, 0.15) is 12.4 Å². The van der Waals surface area contributed by atoms with Crippen LogP contribution in [0.2, 0.25) is 0 Å². The SMILES string of the molecule is COCCOc1cccc(NNCC(=O)[O-])c1. The molecule has 0 saturated carbocycles. The fourth-order valence-corrected chi connectivity index (χ4v) is 1.12. The highest BCUT2D eigenvalue weighted by Gasteiger charge is 1.96. The molecule has 17 heavy (non-hydrogen) atoms. The molecule has 2 N–H and O–H groups in total. The first-order valence-electron chi connectivity index (χ1n) is 5.13. The summed E-state index contributed by atoms with van der Waals surface area (Å²) in [7, 11) is 1.60. The lowest BCUT2D eigenvalue weighted by Crippen LogP contribution is -2.37. The summed E-state index contributed by atoms with van der Waals surface area (Å²) >= 11 is 0. The summed E-state index contributed by atoms with van der Waals surface area (Å²) in [5, 5.41) is 10.2. The standard InChI is InChI=1S/C11H16N2O4/c1-16-5-6-17-10-4-2-3-9(7-10)13-12-8-11(14)15/h2-4,7,12-13H,5-6,8H2,1H3,(H,14,15)/p-1. The van der Waals surface area contributed by atoms with Crippen LogP contribution in [0.4, 0.5) is 5.69 Å². The van der Waals surface area contributed by atoms with Gasteiger partial charge >= 0.3 is 0 Å². The molecule has 0 spiro atoms. The van der Waals surface area contributed by atoms with Crippen molar-refractivity contribution in [1.82, 2.24) is 5.43 Å². The maximum Gasteiger partial charge on any atom is 0.121 e. The van der Waals surface area contributed by atoms with Crippen LogP contribution in [0, 0.1) is 0 Å². The molecule has 1 aromatic carbocycles. The van der Waals surface area contributed by atoms with Gasteiger partial charge in [-0.05, 0) is 12.1 Å². The van der Waals surface area contributed by atoms with E-state index in [1.807, 2.05) is 0 Å². The summed E-state index contributed by atoms with van der Waals surface area (Å²) in [6, 6.07) is 7.13. The van der Waals surface area contributed by atoms with Crippen molar-refractivity contribution in [2.45, 2.75) is 0 Å². The molecule has 6 nitrogen and oxygen atoms in total. The molecule has 0 radical (unpaired) electrons. The Kier molecular flexibility index (Phi) is 5.84. The summed E-state index contributed by atoms with van der Waals surface area (Å²) in [6.45, 7) is 0.710. The van der Waals surface area contributed by atoms with Crippen molar-refractivity contribution >= 4 is 11.7 Å². The van der Waals surface area contributed by atoms with E-state index in [1.54, 1.807) is 31.4 Å². The van der Waals surface area contributed by atoms with Crippen LogP contribution in [0.1, 0.15) is 0 Å². The zero-order chi connectivity index (χ0) is 12.5. The molecule has 94 valence electrons. The molecule has 0 atom stereocenters. The van der Waals surface area contributed by atoms with Gasteiger partial charge in [-0.15, -0.1) is 0 Å². The van der Waals surface area contributed by atoms with Gasteiger partial charge in [0.15, 0.2) is 0 Å². The van der Waals surface area contributed by atoms with Crippen molar-refractivity contribution in [2.24, 2.45) is 0 Å². The molecule has 0 amide bonds. The van der Waals surface area contributed by atoms with Crippen LogP contribution >= 0.6 is 0 Å². The first-order valence-corrected chi connectivity index (χ1v) is 5.13. The molecule has 0 heterocycles. The Labute approximate surface area is 99.5 Å². The number of ether oxygens (including phenoxy) is 2. The van der Waals surface area contributed by atoms with Crippen molar-refractivity contribution in [3.63, 3.8) is 0 Å². The summed E-state index contributed by atoms with van der Waals surface area (Å²) < 4.78 is 10.3. The lowest BCUT2D eigenvalue weighted by Gasteiger charge is -2.10. The van der Waals surface area contributed by atoms with Crippen molar-refractivity contribution in [1.29, 1.82) is 0 Å². The number of carboxylic acids is 1. The number of anilines is 1. The maximum atomic E-state index is 10.2. The number of nitrogens with one attached hydrogen (secondary N) is 2. The molecular weight excluding hydrogens is 224 g/mol. The number of hydrogen-bond donors (Lipinski definition) is 2. The highest BCUT2D eigenvalue weighted by molar-refractivity contribution is 5.67. The van der Waals surface area contributed by atoms with Crippen LogP contribution in [-0.2, 0) is 9.53 Å². The van der Waals surface area contributed by atoms with Crippen LogP contribution in [0.25, 0.3) is 0 Å². The highest BCUT2D eigenvalue weighted by atomic mass is 16.5. The Hall–Kier alpha value is -1.79. The van der Waals surface area contributed by atoms with Gasteiger partial charge < -0.3 is 24.8 Å². The van der Waals surface area contributed by atoms with E-state index in [4.69, 9.17) is 9.47 Å². The smallest absolute Gasteiger partial charge is 0.121 e. The summed E-state index contributed by atoms with van der Waals surface area (Å²) in [5.74, 6) is -0.493. The molecule has 0 aliphatic rings. The molecule has 0 aliphatic carbocycles. The number of benzene rings is 1. The van der Waals surface area contributed by atoms with E-state index in [0.717, 1.165) is 0 Å². The lowest BCUT2D eigenvalue weighted by atomic mass is 10.3. The molecule has 1 rings (SSSR count). The van der Waals surface area contributed by atoms with Crippen molar-refractivity contribution in [2.75, 3.05) is 32.3 Å². The molecule has 0 aromatic heterocycles. The number of carbonyl (C=O) groups excluding carboxylic acids is 1. The number of rotatable bonds is 8. The van der Waals surface area contributed by atoms with Gasteiger partial charge in [-0.3, -0.25) is 0 Å². The zero-order valence-electron chi connectivity index (χ0n) is 9.56. The summed E-state index contributed by atoms with van der Waals surface area (Å²) in [6.07, 6.45) is 0. The minimum atomic E-state index is -1.18. The minimum absolute atomic E-state index is 0.269. The molecule has 0 unspecified atom stereocenters. The zero-order valence-corrected chi connectivity index (χ0v) is 9.56. The second kappa shape index (κ2) is 7.48. The number of aliphatic carboxylic acids is 1. The van der Waals surface area contributed by atoms with Crippen molar-refractivity contribution in [3.8, 4) is 5.75 Å². The van der Waals surface area contributed by atoms with Gasteiger partial charge in [0, 0.05) is 13.2 Å². The van der Waals surface area contributed by atoms with E-state index in [2.05, 4.69) is 10.9 Å². The van der Waals surface area contributed by atoms with Crippen LogP contribution in [0.15, 0.2) is 24.3 Å². The third-order valence-corrected chi connectivity index (χ3v) is 1.86. The predicted molar refractivity (Wildman–Crippen MR) is 60.4 cm³/mol. The van der Waals surface area contributed by atoms with E-state index in [0.29, 0.717) is 24.7 Å².